The highest BCUT2D eigenvalue weighted by molar-refractivity contribution is 5.46. The fraction of sp³-hybridized carbons (Fsp3) is 0.538. The van der Waals surface area contributed by atoms with Crippen molar-refractivity contribution >= 4 is 5.69 Å². The standard InChI is InChI=1S/C13H19F3N2/c1-9(2)7-18(3)8-10-4-5-11(17)6-12(10)13(14,15)16/h4-6,9H,7-8,17H2,1-3H3. The van der Waals surface area contributed by atoms with E-state index in [-0.39, 0.29) is 17.8 Å². The Kier molecular flexibility index (Phi) is 4.62. The van der Waals surface area contributed by atoms with Crippen molar-refractivity contribution in [1.29, 1.82) is 0 Å². The normalized spacial score (nSPS) is 12.4. The summed E-state index contributed by atoms with van der Waals surface area (Å²) in [6, 6.07) is 3.96. The van der Waals surface area contributed by atoms with E-state index in [0.717, 1.165) is 12.6 Å². The Morgan fingerprint density at radius 2 is 1.89 bits per heavy atom. The number of nitrogens with zero attached hydrogens (tertiary/aromatic N) is 1. The molecule has 0 saturated carbocycles. The van der Waals surface area contributed by atoms with Crippen LogP contribution in [-0.4, -0.2) is 18.5 Å². The first-order valence-corrected chi connectivity index (χ1v) is 5.84. The van der Waals surface area contributed by atoms with Crippen molar-refractivity contribution in [3.63, 3.8) is 0 Å². The Labute approximate surface area is 106 Å². The molecular formula is C13H19F3N2. The summed E-state index contributed by atoms with van der Waals surface area (Å²) in [5.74, 6) is 0.415. The number of halogens is 3. The minimum atomic E-state index is -4.36. The van der Waals surface area contributed by atoms with Crippen LogP contribution >= 0.6 is 0 Å². The summed E-state index contributed by atoms with van der Waals surface area (Å²) < 4.78 is 38.6. The molecule has 5 heteroatoms. The molecule has 0 radical (unpaired) electrons. The molecule has 0 saturated heterocycles. The van der Waals surface area contributed by atoms with Crippen LogP contribution in [0.3, 0.4) is 0 Å². The van der Waals surface area contributed by atoms with Gasteiger partial charge in [0.2, 0.25) is 0 Å². The van der Waals surface area contributed by atoms with E-state index in [1.54, 1.807) is 0 Å². The zero-order valence-electron chi connectivity index (χ0n) is 10.9. The molecule has 1 aromatic carbocycles. The van der Waals surface area contributed by atoms with Crippen molar-refractivity contribution in [2.45, 2.75) is 26.6 Å². The van der Waals surface area contributed by atoms with Crippen LogP contribution in [0.5, 0.6) is 0 Å². The van der Waals surface area contributed by atoms with Crippen molar-refractivity contribution in [2.75, 3.05) is 19.3 Å². The summed E-state index contributed by atoms with van der Waals surface area (Å²) >= 11 is 0. The minimum absolute atomic E-state index is 0.137. The number of rotatable bonds is 4. The third kappa shape index (κ3) is 4.22. The Hall–Kier alpha value is -1.23. The molecule has 0 aliphatic heterocycles. The van der Waals surface area contributed by atoms with E-state index >= 15 is 0 Å². The topological polar surface area (TPSA) is 29.3 Å². The zero-order valence-corrected chi connectivity index (χ0v) is 10.9. The van der Waals surface area contributed by atoms with Gasteiger partial charge in [-0.05, 0) is 30.7 Å². The fourth-order valence-electron chi connectivity index (χ4n) is 1.97. The number of nitrogens with two attached hydrogens (primary N) is 1. The summed E-state index contributed by atoms with van der Waals surface area (Å²) in [7, 11) is 1.82. The lowest BCUT2D eigenvalue weighted by Crippen LogP contribution is -2.24. The average molecular weight is 260 g/mol. The van der Waals surface area contributed by atoms with E-state index in [2.05, 4.69) is 0 Å². The quantitative estimate of drug-likeness (QED) is 0.841. The first-order chi connectivity index (χ1) is 8.20. The van der Waals surface area contributed by atoms with Gasteiger partial charge in [-0.25, -0.2) is 0 Å². The predicted octanol–water partition coefficient (Wildman–Crippen LogP) is 3.38. The first kappa shape index (κ1) is 14.8. The lowest BCUT2D eigenvalue weighted by molar-refractivity contribution is -0.138. The maximum absolute atomic E-state index is 12.9. The largest absolute Gasteiger partial charge is 0.416 e. The Morgan fingerprint density at radius 1 is 1.28 bits per heavy atom. The molecule has 0 aromatic heterocycles. The molecule has 2 N–H and O–H groups in total. The van der Waals surface area contributed by atoms with Crippen LogP contribution in [0.1, 0.15) is 25.0 Å². The maximum atomic E-state index is 12.9. The number of alkyl halides is 3. The van der Waals surface area contributed by atoms with E-state index in [4.69, 9.17) is 5.73 Å². The highest BCUT2D eigenvalue weighted by Crippen LogP contribution is 2.33. The zero-order chi connectivity index (χ0) is 13.9. The van der Waals surface area contributed by atoms with Gasteiger partial charge in [0.25, 0.3) is 0 Å². The Morgan fingerprint density at radius 3 is 2.39 bits per heavy atom. The fourth-order valence-corrected chi connectivity index (χ4v) is 1.97. The lowest BCUT2D eigenvalue weighted by Gasteiger charge is -2.21. The highest BCUT2D eigenvalue weighted by atomic mass is 19.4. The second kappa shape index (κ2) is 5.61. The van der Waals surface area contributed by atoms with Gasteiger partial charge < -0.3 is 10.6 Å². The van der Waals surface area contributed by atoms with E-state index in [1.165, 1.54) is 12.1 Å². The molecule has 1 rings (SSSR count). The highest BCUT2D eigenvalue weighted by Gasteiger charge is 2.33. The number of hydrogen-bond acceptors (Lipinski definition) is 2. The molecule has 0 fully saturated rings. The van der Waals surface area contributed by atoms with Crippen LogP contribution in [0.15, 0.2) is 18.2 Å². The molecular weight excluding hydrogens is 241 g/mol. The van der Waals surface area contributed by atoms with Crippen molar-refractivity contribution in [3.8, 4) is 0 Å². The summed E-state index contributed by atoms with van der Waals surface area (Å²) in [5, 5.41) is 0. The molecule has 0 unspecified atom stereocenters. The van der Waals surface area contributed by atoms with E-state index in [9.17, 15) is 13.2 Å². The lowest BCUT2D eigenvalue weighted by atomic mass is 10.1. The van der Waals surface area contributed by atoms with Crippen LogP contribution in [-0.2, 0) is 12.7 Å². The maximum Gasteiger partial charge on any atom is 0.416 e. The van der Waals surface area contributed by atoms with Gasteiger partial charge in [-0.3, -0.25) is 0 Å². The number of hydrogen-bond donors (Lipinski definition) is 1. The van der Waals surface area contributed by atoms with E-state index < -0.39 is 11.7 Å². The monoisotopic (exact) mass is 260 g/mol. The molecule has 1 aromatic rings. The summed E-state index contributed by atoms with van der Waals surface area (Å²) in [6.45, 7) is 5.09. The molecule has 0 aliphatic carbocycles. The van der Waals surface area contributed by atoms with Gasteiger partial charge in [0.1, 0.15) is 0 Å². The Bertz CT molecular complexity index is 400. The van der Waals surface area contributed by atoms with Gasteiger partial charge in [-0.15, -0.1) is 0 Å². The number of nitrogen functional groups attached to an aromatic ring is 1. The van der Waals surface area contributed by atoms with Crippen molar-refractivity contribution < 1.29 is 13.2 Å². The van der Waals surface area contributed by atoms with Crippen molar-refractivity contribution in [2.24, 2.45) is 5.92 Å². The second-order valence-corrected chi connectivity index (χ2v) is 5.00. The molecule has 0 atom stereocenters. The third-order valence-corrected chi connectivity index (χ3v) is 2.56. The molecule has 0 heterocycles. The molecule has 0 amide bonds. The first-order valence-electron chi connectivity index (χ1n) is 5.84. The average Bonchev–Trinajstić information content (AvgIpc) is 2.17. The summed E-state index contributed by atoms with van der Waals surface area (Å²) in [4.78, 5) is 1.88. The molecule has 0 aliphatic rings. The van der Waals surface area contributed by atoms with Gasteiger partial charge in [0.05, 0.1) is 5.56 Å². The summed E-state index contributed by atoms with van der Waals surface area (Å²) in [6.07, 6.45) is -4.36. The van der Waals surface area contributed by atoms with Crippen LogP contribution in [0, 0.1) is 5.92 Å². The third-order valence-electron chi connectivity index (χ3n) is 2.56. The molecule has 2 nitrogen and oxygen atoms in total. The predicted molar refractivity (Wildman–Crippen MR) is 67.0 cm³/mol. The molecule has 102 valence electrons. The summed E-state index contributed by atoms with van der Waals surface area (Å²) in [5.41, 5.74) is 5.18. The van der Waals surface area contributed by atoms with Gasteiger partial charge >= 0.3 is 6.18 Å². The van der Waals surface area contributed by atoms with Crippen molar-refractivity contribution in [3.05, 3.63) is 29.3 Å². The second-order valence-electron chi connectivity index (χ2n) is 5.00. The van der Waals surface area contributed by atoms with Gasteiger partial charge in [0, 0.05) is 18.8 Å². The van der Waals surface area contributed by atoms with Crippen molar-refractivity contribution in [1.82, 2.24) is 4.90 Å². The SMILES string of the molecule is CC(C)CN(C)Cc1ccc(N)cc1C(F)(F)F. The van der Waals surface area contributed by atoms with E-state index in [1.807, 2.05) is 25.8 Å². The van der Waals surface area contributed by atoms with Gasteiger partial charge in [-0.2, -0.15) is 13.2 Å². The number of anilines is 1. The smallest absolute Gasteiger partial charge is 0.399 e. The van der Waals surface area contributed by atoms with E-state index in [0.29, 0.717) is 5.92 Å². The van der Waals surface area contributed by atoms with Crippen LogP contribution < -0.4 is 5.73 Å². The van der Waals surface area contributed by atoms with Gasteiger partial charge in [0.15, 0.2) is 0 Å². The van der Waals surface area contributed by atoms with Crippen LogP contribution in [0.4, 0.5) is 18.9 Å². The van der Waals surface area contributed by atoms with Crippen LogP contribution in [0.2, 0.25) is 0 Å². The van der Waals surface area contributed by atoms with Crippen LogP contribution in [0.25, 0.3) is 0 Å². The molecule has 0 spiro atoms. The molecule has 0 bridgehead atoms. The van der Waals surface area contributed by atoms with Gasteiger partial charge in [-0.1, -0.05) is 19.9 Å². The number of benzene rings is 1. The Balaban J connectivity index is 2.95. The molecule has 18 heavy (non-hydrogen) atoms. The minimum Gasteiger partial charge on any atom is -0.399 e.